The summed E-state index contributed by atoms with van der Waals surface area (Å²) in [6.45, 7) is 3.49. The number of amides is 2. The summed E-state index contributed by atoms with van der Waals surface area (Å²) in [4.78, 5) is 27.6. The maximum Gasteiger partial charge on any atom is 0.246 e. The van der Waals surface area contributed by atoms with Gasteiger partial charge in [-0.15, -0.1) is 0 Å². The molecular formula is C15H20N2O2S. The van der Waals surface area contributed by atoms with E-state index >= 15 is 0 Å². The standard InChI is InChI=1S/C15H20N2O2S/c1-2-10-20-12-15(19)16-8-9-17(14(18)11-16)13-6-4-3-5-7-13/h3-7H,2,8-12H2,1H3. The van der Waals surface area contributed by atoms with Crippen molar-refractivity contribution in [3.05, 3.63) is 30.3 Å². The number of thioether (sulfide) groups is 1. The predicted molar refractivity (Wildman–Crippen MR) is 83.0 cm³/mol. The summed E-state index contributed by atoms with van der Waals surface area (Å²) in [6, 6.07) is 9.61. The van der Waals surface area contributed by atoms with Gasteiger partial charge in [-0.25, -0.2) is 0 Å². The molecule has 2 amide bonds. The molecule has 5 heteroatoms. The zero-order valence-corrected chi connectivity index (χ0v) is 12.6. The lowest BCUT2D eigenvalue weighted by atomic mass is 10.2. The van der Waals surface area contributed by atoms with Gasteiger partial charge in [0.15, 0.2) is 0 Å². The molecule has 1 aliphatic rings. The molecule has 20 heavy (non-hydrogen) atoms. The third kappa shape index (κ3) is 3.76. The molecule has 1 aromatic rings. The Kier molecular flexibility index (Phi) is 5.47. The number of nitrogens with zero attached hydrogens (tertiary/aromatic N) is 2. The molecule has 0 spiro atoms. The topological polar surface area (TPSA) is 40.6 Å². The maximum absolute atomic E-state index is 12.2. The van der Waals surface area contributed by atoms with Gasteiger partial charge in [-0.3, -0.25) is 9.59 Å². The molecule has 2 rings (SSSR count). The molecule has 0 unspecified atom stereocenters. The summed E-state index contributed by atoms with van der Waals surface area (Å²) in [5, 5.41) is 0. The van der Waals surface area contributed by atoms with Gasteiger partial charge in [-0.05, 0) is 24.3 Å². The van der Waals surface area contributed by atoms with Crippen molar-refractivity contribution in [2.45, 2.75) is 13.3 Å². The summed E-state index contributed by atoms with van der Waals surface area (Å²) in [6.07, 6.45) is 1.07. The quantitative estimate of drug-likeness (QED) is 0.780. The number of hydrogen-bond acceptors (Lipinski definition) is 3. The number of hydrogen-bond donors (Lipinski definition) is 0. The molecule has 0 aliphatic carbocycles. The second-order valence-electron chi connectivity index (χ2n) is 4.75. The minimum absolute atomic E-state index is 0.00343. The number of carbonyl (C=O) groups is 2. The number of rotatable bonds is 5. The zero-order chi connectivity index (χ0) is 14.4. The Bertz CT molecular complexity index is 464. The van der Waals surface area contributed by atoms with Crippen molar-refractivity contribution in [2.75, 3.05) is 36.0 Å². The van der Waals surface area contributed by atoms with Crippen LogP contribution in [0.4, 0.5) is 5.69 Å². The highest BCUT2D eigenvalue weighted by atomic mass is 32.2. The molecule has 1 saturated heterocycles. The second-order valence-corrected chi connectivity index (χ2v) is 5.85. The van der Waals surface area contributed by atoms with E-state index in [1.165, 1.54) is 0 Å². The van der Waals surface area contributed by atoms with Crippen molar-refractivity contribution >= 4 is 29.3 Å². The molecule has 1 aromatic carbocycles. The summed E-state index contributed by atoms with van der Waals surface area (Å²) >= 11 is 1.64. The number of para-hydroxylation sites is 1. The van der Waals surface area contributed by atoms with Crippen LogP contribution in [0.1, 0.15) is 13.3 Å². The molecule has 0 bridgehead atoms. The first-order chi connectivity index (χ1) is 9.72. The van der Waals surface area contributed by atoms with E-state index in [9.17, 15) is 9.59 Å². The first-order valence-electron chi connectivity index (χ1n) is 6.93. The molecule has 1 fully saturated rings. The molecule has 0 atom stereocenters. The Morgan fingerprint density at radius 1 is 1.25 bits per heavy atom. The fraction of sp³-hybridized carbons (Fsp3) is 0.467. The monoisotopic (exact) mass is 292 g/mol. The van der Waals surface area contributed by atoms with Crippen LogP contribution in [0.25, 0.3) is 0 Å². The summed E-state index contributed by atoms with van der Waals surface area (Å²) in [5.74, 6) is 1.54. The lowest BCUT2D eigenvalue weighted by molar-refractivity contribution is -0.134. The van der Waals surface area contributed by atoms with Crippen LogP contribution in [0.3, 0.4) is 0 Å². The van der Waals surface area contributed by atoms with Gasteiger partial charge in [0, 0.05) is 18.8 Å². The highest BCUT2D eigenvalue weighted by molar-refractivity contribution is 7.99. The summed E-state index contributed by atoms with van der Waals surface area (Å²) in [7, 11) is 0. The van der Waals surface area contributed by atoms with E-state index in [1.54, 1.807) is 21.6 Å². The van der Waals surface area contributed by atoms with Crippen molar-refractivity contribution in [3.63, 3.8) is 0 Å². The highest BCUT2D eigenvalue weighted by Gasteiger charge is 2.27. The van der Waals surface area contributed by atoms with Crippen LogP contribution in [0.5, 0.6) is 0 Å². The van der Waals surface area contributed by atoms with Crippen molar-refractivity contribution in [1.82, 2.24) is 4.90 Å². The number of piperazine rings is 1. The van der Waals surface area contributed by atoms with Gasteiger partial charge in [-0.1, -0.05) is 25.1 Å². The van der Waals surface area contributed by atoms with E-state index in [2.05, 4.69) is 6.92 Å². The van der Waals surface area contributed by atoms with Gasteiger partial charge < -0.3 is 9.80 Å². The number of carbonyl (C=O) groups excluding carboxylic acids is 2. The fourth-order valence-corrected chi connectivity index (χ4v) is 2.95. The predicted octanol–water partition coefficient (Wildman–Crippen LogP) is 2.00. The highest BCUT2D eigenvalue weighted by Crippen LogP contribution is 2.17. The van der Waals surface area contributed by atoms with E-state index in [0.29, 0.717) is 18.8 Å². The van der Waals surface area contributed by atoms with Gasteiger partial charge >= 0.3 is 0 Å². The minimum atomic E-state index is -0.00343. The van der Waals surface area contributed by atoms with Crippen molar-refractivity contribution in [3.8, 4) is 0 Å². The Hall–Kier alpha value is -1.49. The Morgan fingerprint density at radius 3 is 2.65 bits per heavy atom. The lowest BCUT2D eigenvalue weighted by Gasteiger charge is -2.34. The largest absolute Gasteiger partial charge is 0.331 e. The third-order valence-corrected chi connectivity index (χ3v) is 4.36. The molecule has 0 saturated carbocycles. The van der Waals surface area contributed by atoms with Crippen molar-refractivity contribution in [1.29, 1.82) is 0 Å². The molecule has 1 heterocycles. The summed E-state index contributed by atoms with van der Waals surface area (Å²) < 4.78 is 0. The van der Waals surface area contributed by atoms with Crippen molar-refractivity contribution < 1.29 is 9.59 Å². The Labute approximate surface area is 124 Å². The van der Waals surface area contributed by atoms with Gasteiger partial charge in [0.1, 0.15) is 6.54 Å². The average Bonchev–Trinajstić information content (AvgIpc) is 2.48. The average molecular weight is 292 g/mol. The van der Waals surface area contributed by atoms with Crippen LogP contribution in [0.15, 0.2) is 30.3 Å². The van der Waals surface area contributed by atoms with Crippen LogP contribution in [0, 0.1) is 0 Å². The maximum atomic E-state index is 12.2. The van der Waals surface area contributed by atoms with Gasteiger partial charge in [0.2, 0.25) is 11.8 Å². The first kappa shape index (κ1) is 14.9. The summed E-state index contributed by atoms with van der Waals surface area (Å²) in [5.41, 5.74) is 0.907. The van der Waals surface area contributed by atoms with E-state index in [4.69, 9.17) is 0 Å². The molecule has 108 valence electrons. The molecule has 0 aromatic heterocycles. The van der Waals surface area contributed by atoms with Gasteiger partial charge in [-0.2, -0.15) is 11.8 Å². The smallest absolute Gasteiger partial charge is 0.246 e. The first-order valence-corrected chi connectivity index (χ1v) is 8.08. The second kappa shape index (κ2) is 7.33. The molecule has 4 nitrogen and oxygen atoms in total. The van der Waals surface area contributed by atoms with Gasteiger partial charge in [0.25, 0.3) is 0 Å². The van der Waals surface area contributed by atoms with Gasteiger partial charge in [0.05, 0.1) is 5.75 Å². The van der Waals surface area contributed by atoms with E-state index in [-0.39, 0.29) is 18.4 Å². The Balaban J connectivity index is 1.89. The molecular weight excluding hydrogens is 272 g/mol. The van der Waals surface area contributed by atoms with Crippen LogP contribution in [-0.2, 0) is 9.59 Å². The molecule has 0 N–H and O–H groups in total. The van der Waals surface area contributed by atoms with Crippen LogP contribution in [0.2, 0.25) is 0 Å². The minimum Gasteiger partial charge on any atom is -0.331 e. The van der Waals surface area contributed by atoms with Crippen LogP contribution < -0.4 is 4.90 Å². The Morgan fingerprint density at radius 2 is 2.00 bits per heavy atom. The molecule has 1 aliphatic heterocycles. The van der Waals surface area contributed by atoms with Crippen LogP contribution >= 0.6 is 11.8 Å². The van der Waals surface area contributed by atoms with Crippen LogP contribution in [-0.4, -0.2) is 47.9 Å². The SMILES string of the molecule is CCCSCC(=O)N1CCN(c2ccccc2)C(=O)C1. The number of anilines is 1. The number of benzene rings is 1. The lowest BCUT2D eigenvalue weighted by Crippen LogP contribution is -2.52. The van der Waals surface area contributed by atoms with E-state index in [0.717, 1.165) is 17.9 Å². The zero-order valence-electron chi connectivity index (χ0n) is 11.7. The fourth-order valence-electron chi connectivity index (χ4n) is 2.16. The van der Waals surface area contributed by atoms with E-state index in [1.807, 2.05) is 30.3 Å². The normalized spacial score (nSPS) is 15.6. The van der Waals surface area contributed by atoms with Crippen molar-refractivity contribution in [2.24, 2.45) is 0 Å². The van der Waals surface area contributed by atoms with E-state index < -0.39 is 0 Å². The third-order valence-electron chi connectivity index (χ3n) is 3.22. The molecule has 0 radical (unpaired) electrons.